The summed E-state index contributed by atoms with van der Waals surface area (Å²) >= 11 is 0. The zero-order valence-electron chi connectivity index (χ0n) is 21.3. The van der Waals surface area contributed by atoms with Crippen LogP contribution in [-0.2, 0) is 17.8 Å². The molecule has 0 aliphatic carbocycles. The number of rotatable bonds is 6. The molecule has 2 aliphatic rings. The Labute approximate surface area is 220 Å². The molecule has 3 aromatic carbocycles. The number of H-pyrrole nitrogens is 1. The number of carboxylic acids is 1. The minimum absolute atomic E-state index is 0.189. The van der Waals surface area contributed by atoms with E-state index < -0.39 is 12.0 Å². The highest BCUT2D eigenvalue weighted by molar-refractivity contribution is 5.87. The lowest BCUT2D eigenvalue weighted by Crippen LogP contribution is -2.46. The van der Waals surface area contributed by atoms with Gasteiger partial charge in [-0.2, -0.15) is 0 Å². The van der Waals surface area contributed by atoms with Crippen molar-refractivity contribution < 1.29 is 19.0 Å². The zero-order chi connectivity index (χ0) is 26.2. The van der Waals surface area contributed by atoms with Gasteiger partial charge in [-0.15, -0.1) is 0 Å². The van der Waals surface area contributed by atoms with E-state index in [9.17, 15) is 14.3 Å². The number of halogens is 1. The van der Waals surface area contributed by atoms with Crippen LogP contribution in [0, 0.1) is 5.82 Å². The third-order valence-corrected chi connectivity index (χ3v) is 7.81. The van der Waals surface area contributed by atoms with E-state index in [2.05, 4.69) is 26.2 Å². The number of ether oxygens (including phenoxy) is 1. The first-order valence-corrected chi connectivity index (χ1v) is 13.0. The number of methoxy groups -OCH3 is 1. The molecule has 38 heavy (non-hydrogen) atoms. The first-order chi connectivity index (χ1) is 18.5. The van der Waals surface area contributed by atoms with Crippen molar-refractivity contribution in [1.82, 2.24) is 15.2 Å². The highest BCUT2D eigenvalue weighted by Gasteiger charge is 2.34. The number of para-hydroxylation sites is 2. The van der Waals surface area contributed by atoms with Crippen molar-refractivity contribution in [3.8, 4) is 5.75 Å². The molecule has 0 saturated carbocycles. The average Bonchev–Trinajstić information content (AvgIpc) is 3.32. The minimum atomic E-state index is -0.854. The predicted molar refractivity (Wildman–Crippen MR) is 145 cm³/mol. The predicted octanol–water partition coefficient (Wildman–Crippen LogP) is 4.33. The topological polar surface area (TPSA) is 80.8 Å². The Hall–Kier alpha value is -3.88. The summed E-state index contributed by atoms with van der Waals surface area (Å²) in [5, 5.41) is 14.3. The molecule has 7 nitrogen and oxygen atoms in total. The Balaban J connectivity index is 1.27. The number of carboxylic acid groups (broad SMARTS) is 1. The van der Waals surface area contributed by atoms with Gasteiger partial charge in [0, 0.05) is 61.3 Å². The highest BCUT2D eigenvalue weighted by atomic mass is 19.1. The molecule has 8 heteroatoms. The number of nitrogens with zero attached hydrogens (tertiary/aromatic N) is 2. The lowest BCUT2D eigenvalue weighted by molar-refractivity contribution is -0.139. The molecule has 3 N–H and O–H groups in total. The fraction of sp³-hybridized carbons (Fsp3) is 0.300. The number of aromatic nitrogens is 1. The number of nitrogens with one attached hydrogen (secondary N) is 2. The molecular formula is C30H31FN4O3. The van der Waals surface area contributed by atoms with Gasteiger partial charge in [0.1, 0.15) is 17.6 Å². The van der Waals surface area contributed by atoms with Gasteiger partial charge in [0.2, 0.25) is 0 Å². The van der Waals surface area contributed by atoms with E-state index in [0.29, 0.717) is 18.7 Å². The molecule has 0 spiro atoms. The van der Waals surface area contributed by atoms with Crippen LogP contribution in [0.25, 0.3) is 10.9 Å². The largest absolute Gasteiger partial charge is 0.496 e. The van der Waals surface area contributed by atoms with Gasteiger partial charge in [-0.1, -0.05) is 36.4 Å². The maximum atomic E-state index is 14.3. The SMILES string of the molecule is COc1ccc([C@H]2N[C@@H](C(=O)O)Cc3c2[nH]c2ccccc32)cc1CN1CCN(c2ccccc2F)CC1. The number of fused-ring (bicyclic) bond motifs is 3. The first-order valence-electron chi connectivity index (χ1n) is 13.0. The summed E-state index contributed by atoms with van der Waals surface area (Å²) in [6.45, 7) is 3.78. The van der Waals surface area contributed by atoms with Crippen molar-refractivity contribution in [1.29, 1.82) is 0 Å². The molecule has 196 valence electrons. The Kier molecular flexibility index (Phi) is 6.51. The van der Waals surface area contributed by atoms with Crippen LogP contribution < -0.4 is 15.0 Å². The molecule has 1 aromatic heterocycles. The summed E-state index contributed by atoms with van der Waals surface area (Å²) in [6, 6.07) is 20.1. The maximum Gasteiger partial charge on any atom is 0.321 e. The maximum absolute atomic E-state index is 14.3. The molecular weight excluding hydrogens is 483 g/mol. The summed E-state index contributed by atoms with van der Waals surface area (Å²) in [4.78, 5) is 20.0. The number of hydrogen-bond acceptors (Lipinski definition) is 5. The van der Waals surface area contributed by atoms with Crippen molar-refractivity contribution in [3.63, 3.8) is 0 Å². The van der Waals surface area contributed by atoms with Crippen LogP contribution >= 0.6 is 0 Å². The highest BCUT2D eigenvalue weighted by Crippen LogP contribution is 2.37. The average molecular weight is 515 g/mol. The Bertz CT molecular complexity index is 1480. The summed E-state index contributed by atoms with van der Waals surface area (Å²) in [5.74, 6) is -0.244. The summed E-state index contributed by atoms with van der Waals surface area (Å²) in [6.07, 6.45) is 0.431. The monoisotopic (exact) mass is 514 g/mol. The number of carbonyl (C=O) groups is 1. The number of aromatic amines is 1. The first kappa shape index (κ1) is 24.5. The number of hydrogen-bond donors (Lipinski definition) is 3. The number of piperazine rings is 1. The quantitative estimate of drug-likeness (QED) is 0.356. The summed E-state index contributed by atoms with van der Waals surface area (Å²) in [5.41, 5.74) is 5.76. The van der Waals surface area contributed by atoms with Crippen LogP contribution in [0.15, 0.2) is 66.7 Å². The van der Waals surface area contributed by atoms with Crippen LogP contribution in [0.2, 0.25) is 0 Å². The van der Waals surface area contributed by atoms with Gasteiger partial charge < -0.3 is 19.7 Å². The Morgan fingerprint density at radius 3 is 2.58 bits per heavy atom. The van der Waals surface area contributed by atoms with E-state index in [1.807, 2.05) is 48.5 Å². The van der Waals surface area contributed by atoms with Gasteiger partial charge in [-0.3, -0.25) is 15.0 Å². The zero-order valence-corrected chi connectivity index (χ0v) is 21.3. The van der Waals surface area contributed by atoms with Crippen molar-refractivity contribution in [2.45, 2.75) is 25.0 Å². The molecule has 2 atom stereocenters. The van der Waals surface area contributed by atoms with Crippen molar-refractivity contribution in [3.05, 3.63) is 94.9 Å². The van der Waals surface area contributed by atoms with E-state index in [1.54, 1.807) is 13.2 Å². The van der Waals surface area contributed by atoms with E-state index >= 15 is 0 Å². The van der Waals surface area contributed by atoms with Crippen LogP contribution in [-0.4, -0.2) is 60.3 Å². The van der Waals surface area contributed by atoms with E-state index in [-0.39, 0.29) is 11.9 Å². The molecule has 2 aliphatic heterocycles. The van der Waals surface area contributed by atoms with Gasteiger partial charge in [0.15, 0.2) is 0 Å². The second kappa shape index (κ2) is 10.1. The Morgan fingerprint density at radius 2 is 1.82 bits per heavy atom. The lowest BCUT2D eigenvalue weighted by Gasteiger charge is -2.36. The van der Waals surface area contributed by atoms with E-state index in [4.69, 9.17) is 4.74 Å². The molecule has 0 unspecified atom stereocenters. The van der Waals surface area contributed by atoms with Crippen LogP contribution in [0.5, 0.6) is 5.75 Å². The minimum Gasteiger partial charge on any atom is -0.496 e. The molecule has 6 rings (SSSR count). The molecule has 3 heterocycles. The third-order valence-electron chi connectivity index (χ3n) is 7.81. The van der Waals surface area contributed by atoms with Gasteiger partial charge in [0.05, 0.1) is 18.8 Å². The smallest absolute Gasteiger partial charge is 0.321 e. The second-order valence-electron chi connectivity index (χ2n) is 10.0. The van der Waals surface area contributed by atoms with Gasteiger partial charge >= 0.3 is 5.97 Å². The number of anilines is 1. The van der Waals surface area contributed by atoms with E-state index in [1.165, 1.54) is 6.07 Å². The molecule has 0 radical (unpaired) electrons. The second-order valence-corrected chi connectivity index (χ2v) is 10.0. The third kappa shape index (κ3) is 4.50. The molecule has 0 amide bonds. The van der Waals surface area contributed by atoms with Crippen LogP contribution in [0.1, 0.15) is 28.4 Å². The van der Waals surface area contributed by atoms with Crippen LogP contribution in [0.3, 0.4) is 0 Å². The van der Waals surface area contributed by atoms with E-state index in [0.717, 1.165) is 65.2 Å². The molecule has 1 saturated heterocycles. The summed E-state index contributed by atoms with van der Waals surface area (Å²) < 4.78 is 20.0. The number of benzene rings is 3. The lowest BCUT2D eigenvalue weighted by atomic mass is 9.89. The van der Waals surface area contributed by atoms with Crippen molar-refractivity contribution in [2.24, 2.45) is 0 Å². The Morgan fingerprint density at radius 1 is 1.05 bits per heavy atom. The molecule has 1 fully saturated rings. The van der Waals surface area contributed by atoms with Crippen LogP contribution in [0.4, 0.5) is 10.1 Å². The fourth-order valence-electron chi connectivity index (χ4n) is 5.85. The molecule has 4 aromatic rings. The standard InChI is InChI=1S/C30H31FN4O3/c1-38-27-11-10-19(16-20(27)18-34-12-14-35(15-13-34)26-9-5-3-7-23(26)31)28-29-22(17-25(33-28)30(36)37)21-6-2-4-8-24(21)32-29/h2-11,16,25,28,32-33H,12-15,17-18H2,1H3,(H,36,37)/t25-,28-/m1/s1. The summed E-state index contributed by atoms with van der Waals surface area (Å²) in [7, 11) is 1.67. The van der Waals surface area contributed by atoms with Gasteiger partial charge in [-0.05, 0) is 41.5 Å². The normalized spacial score (nSPS) is 19.9. The van der Waals surface area contributed by atoms with Crippen molar-refractivity contribution >= 4 is 22.6 Å². The number of aliphatic carboxylic acids is 1. The molecule has 0 bridgehead atoms. The van der Waals surface area contributed by atoms with Gasteiger partial charge in [-0.25, -0.2) is 4.39 Å². The van der Waals surface area contributed by atoms with Crippen molar-refractivity contribution in [2.75, 3.05) is 38.2 Å². The fourth-order valence-corrected chi connectivity index (χ4v) is 5.85. The van der Waals surface area contributed by atoms with Gasteiger partial charge in [0.25, 0.3) is 0 Å².